The maximum atomic E-state index is 12.9. The number of hydrogen-bond donors (Lipinski definition) is 0. The first-order chi connectivity index (χ1) is 13.9. The quantitative estimate of drug-likeness (QED) is 0.366. The highest BCUT2D eigenvalue weighted by atomic mass is 35.5. The average Bonchev–Trinajstić information content (AvgIpc) is 2.98. The third kappa shape index (κ3) is 5.13. The first kappa shape index (κ1) is 21.7. The van der Waals surface area contributed by atoms with Crippen molar-refractivity contribution in [3.8, 4) is 11.5 Å². The van der Waals surface area contributed by atoms with Gasteiger partial charge < -0.3 is 9.47 Å². The third-order valence-corrected chi connectivity index (χ3v) is 5.90. The topological polar surface area (TPSA) is 38.8 Å². The predicted molar refractivity (Wildman–Crippen MR) is 125 cm³/mol. The van der Waals surface area contributed by atoms with Gasteiger partial charge in [0.05, 0.1) is 23.3 Å². The highest BCUT2D eigenvalue weighted by molar-refractivity contribution is 8.27. The summed E-state index contributed by atoms with van der Waals surface area (Å²) >= 11 is 12.6. The van der Waals surface area contributed by atoms with Gasteiger partial charge in [-0.25, -0.2) is 0 Å². The molecule has 3 rings (SSSR count). The molecule has 0 bridgehead atoms. The number of thiocarbonyl (C=S) groups is 1. The molecule has 1 atom stereocenters. The fourth-order valence-corrected chi connectivity index (χ4v) is 4.14. The zero-order valence-corrected chi connectivity index (χ0v) is 18.9. The molecule has 1 heterocycles. The lowest BCUT2D eigenvalue weighted by atomic mass is 10.1. The summed E-state index contributed by atoms with van der Waals surface area (Å²) in [4.78, 5) is 15.0. The lowest BCUT2D eigenvalue weighted by Crippen LogP contribution is -2.27. The van der Waals surface area contributed by atoms with Gasteiger partial charge in [-0.1, -0.05) is 48.6 Å². The first-order valence-corrected chi connectivity index (χ1v) is 11.0. The standard InChI is InChI=1S/C22H22ClNO3S2/c1-4-14(3)27-18-11-6-15(12-19(18)26-5-2)13-20-21(25)24(22(28)29-20)17-9-7-16(23)8-10-17/h6-14H,4-5H2,1-3H3/b20-13-/t14-/m1/s1. The third-order valence-electron chi connectivity index (χ3n) is 4.35. The molecule has 0 spiro atoms. The van der Waals surface area contributed by atoms with E-state index in [-0.39, 0.29) is 12.0 Å². The fraction of sp³-hybridized carbons (Fsp3) is 0.273. The molecule has 2 aromatic carbocycles. The number of nitrogens with zero attached hydrogens (tertiary/aromatic N) is 1. The van der Waals surface area contributed by atoms with Crippen molar-refractivity contribution in [2.75, 3.05) is 11.5 Å². The van der Waals surface area contributed by atoms with E-state index in [1.807, 2.05) is 38.1 Å². The molecular formula is C22H22ClNO3S2. The Hall–Kier alpha value is -2.02. The van der Waals surface area contributed by atoms with Crippen LogP contribution in [0.2, 0.25) is 5.02 Å². The number of carbonyl (C=O) groups excluding carboxylic acids is 1. The van der Waals surface area contributed by atoms with Crippen LogP contribution in [-0.4, -0.2) is 22.9 Å². The number of hydrogen-bond acceptors (Lipinski definition) is 5. The Kier molecular flexibility index (Phi) is 7.22. The van der Waals surface area contributed by atoms with Crippen LogP contribution >= 0.6 is 35.6 Å². The smallest absolute Gasteiger partial charge is 0.270 e. The SMILES string of the molecule is CCOc1cc(/C=C2\SC(=S)N(c3ccc(Cl)cc3)C2=O)ccc1O[C@H](C)CC. The van der Waals surface area contributed by atoms with Gasteiger partial charge in [0.2, 0.25) is 0 Å². The van der Waals surface area contributed by atoms with Crippen molar-refractivity contribution in [3.63, 3.8) is 0 Å². The maximum absolute atomic E-state index is 12.9. The van der Waals surface area contributed by atoms with Crippen LogP contribution in [0.3, 0.4) is 0 Å². The molecule has 0 radical (unpaired) electrons. The summed E-state index contributed by atoms with van der Waals surface area (Å²) in [7, 11) is 0. The Morgan fingerprint density at radius 1 is 1.17 bits per heavy atom. The van der Waals surface area contributed by atoms with Crippen LogP contribution < -0.4 is 14.4 Å². The molecule has 1 aliphatic heterocycles. The Balaban J connectivity index is 1.87. The molecule has 7 heteroatoms. The van der Waals surface area contributed by atoms with Gasteiger partial charge in [0.25, 0.3) is 5.91 Å². The van der Waals surface area contributed by atoms with Crippen LogP contribution in [-0.2, 0) is 4.79 Å². The molecule has 2 aromatic rings. The van der Waals surface area contributed by atoms with Crippen molar-refractivity contribution in [1.29, 1.82) is 0 Å². The van der Waals surface area contributed by atoms with Crippen molar-refractivity contribution >= 4 is 57.6 Å². The second-order valence-corrected chi connectivity index (χ2v) is 8.58. The summed E-state index contributed by atoms with van der Waals surface area (Å²) in [5, 5.41) is 0.609. The van der Waals surface area contributed by atoms with Crippen LogP contribution in [0.1, 0.15) is 32.8 Å². The zero-order chi connectivity index (χ0) is 21.0. The second-order valence-electron chi connectivity index (χ2n) is 6.47. The molecule has 29 heavy (non-hydrogen) atoms. The molecular weight excluding hydrogens is 426 g/mol. The molecule has 0 unspecified atom stereocenters. The molecule has 0 aliphatic carbocycles. The van der Waals surface area contributed by atoms with Gasteiger partial charge in [-0.15, -0.1) is 0 Å². The van der Waals surface area contributed by atoms with Gasteiger partial charge in [0.1, 0.15) is 0 Å². The Labute approximate surface area is 185 Å². The van der Waals surface area contributed by atoms with E-state index in [1.54, 1.807) is 24.3 Å². The largest absolute Gasteiger partial charge is 0.490 e. The van der Waals surface area contributed by atoms with Crippen LogP contribution in [0.15, 0.2) is 47.4 Å². The van der Waals surface area contributed by atoms with E-state index in [1.165, 1.54) is 16.7 Å². The highest BCUT2D eigenvalue weighted by Gasteiger charge is 2.33. The Morgan fingerprint density at radius 3 is 2.55 bits per heavy atom. The van der Waals surface area contributed by atoms with Crippen molar-refractivity contribution in [3.05, 3.63) is 58.0 Å². The minimum atomic E-state index is -0.153. The number of carbonyl (C=O) groups is 1. The second kappa shape index (κ2) is 9.65. The molecule has 0 aromatic heterocycles. The summed E-state index contributed by atoms with van der Waals surface area (Å²) in [6.45, 7) is 6.55. The van der Waals surface area contributed by atoms with Gasteiger partial charge in [-0.3, -0.25) is 9.69 Å². The molecule has 0 saturated carbocycles. The Bertz CT molecular complexity index is 944. The number of rotatable bonds is 7. The van der Waals surface area contributed by atoms with E-state index in [0.29, 0.717) is 38.0 Å². The number of ether oxygens (including phenoxy) is 2. The van der Waals surface area contributed by atoms with Crippen molar-refractivity contribution in [2.24, 2.45) is 0 Å². The van der Waals surface area contributed by atoms with Crippen molar-refractivity contribution < 1.29 is 14.3 Å². The van der Waals surface area contributed by atoms with Gasteiger partial charge in [-0.2, -0.15) is 0 Å². The summed E-state index contributed by atoms with van der Waals surface area (Å²) in [6.07, 6.45) is 2.82. The van der Waals surface area contributed by atoms with Gasteiger partial charge in [0.15, 0.2) is 15.8 Å². The summed E-state index contributed by atoms with van der Waals surface area (Å²) < 4.78 is 12.2. The fourth-order valence-electron chi connectivity index (χ4n) is 2.71. The maximum Gasteiger partial charge on any atom is 0.270 e. The van der Waals surface area contributed by atoms with E-state index in [0.717, 1.165) is 12.0 Å². The molecule has 1 saturated heterocycles. The first-order valence-electron chi connectivity index (χ1n) is 9.40. The molecule has 0 N–H and O–H groups in total. The molecule has 1 aliphatic rings. The number of benzene rings is 2. The van der Waals surface area contributed by atoms with Crippen LogP contribution in [0, 0.1) is 0 Å². The summed E-state index contributed by atoms with van der Waals surface area (Å²) in [6, 6.07) is 12.7. The minimum Gasteiger partial charge on any atom is -0.490 e. The van der Waals surface area contributed by atoms with E-state index in [9.17, 15) is 4.79 Å². The lowest BCUT2D eigenvalue weighted by molar-refractivity contribution is -0.113. The molecule has 1 amide bonds. The van der Waals surface area contributed by atoms with Gasteiger partial charge >= 0.3 is 0 Å². The van der Waals surface area contributed by atoms with E-state index in [4.69, 9.17) is 33.3 Å². The van der Waals surface area contributed by atoms with Gasteiger partial charge in [0, 0.05) is 5.02 Å². The monoisotopic (exact) mass is 447 g/mol. The molecule has 152 valence electrons. The Morgan fingerprint density at radius 2 is 1.90 bits per heavy atom. The molecule has 4 nitrogen and oxygen atoms in total. The lowest BCUT2D eigenvalue weighted by Gasteiger charge is -2.16. The average molecular weight is 448 g/mol. The van der Waals surface area contributed by atoms with Crippen molar-refractivity contribution in [2.45, 2.75) is 33.3 Å². The van der Waals surface area contributed by atoms with Crippen LogP contribution in [0.4, 0.5) is 5.69 Å². The van der Waals surface area contributed by atoms with Crippen LogP contribution in [0.25, 0.3) is 6.08 Å². The normalized spacial score (nSPS) is 16.4. The zero-order valence-electron chi connectivity index (χ0n) is 16.5. The summed E-state index contributed by atoms with van der Waals surface area (Å²) in [5.41, 5.74) is 1.55. The number of amides is 1. The number of anilines is 1. The minimum absolute atomic E-state index is 0.0932. The van der Waals surface area contributed by atoms with E-state index >= 15 is 0 Å². The van der Waals surface area contributed by atoms with Crippen LogP contribution in [0.5, 0.6) is 11.5 Å². The van der Waals surface area contributed by atoms with E-state index in [2.05, 4.69) is 6.92 Å². The van der Waals surface area contributed by atoms with Gasteiger partial charge in [-0.05, 0) is 68.3 Å². The predicted octanol–water partition coefficient (Wildman–Crippen LogP) is 6.32. The van der Waals surface area contributed by atoms with Crippen molar-refractivity contribution in [1.82, 2.24) is 0 Å². The van der Waals surface area contributed by atoms with E-state index < -0.39 is 0 Å². The highest BCUT2D eigenvalue weighted by Crippen LogP contribution is 2.37. The molecule has 1 fully saturated rings. The summed E-state index contributed by atoms with van der Waals surface area (Å²) in [5.74, 6) is 1.21. The number of halogens is 1. The number of thioether (sulfide) groups is 1.